The van der Waals surface area contributed by atoms with Crippen molar-refractivity contribution in [3.63, 3.8) is 0 Å². The topological polar surface area (TPSA) is 50.3 Å². The molecule has 3 rings (SSSR count). The van der Waals surface area contributed by atoms with Crippen molar-refractivity contribution in [3.8, 4) is 0 Å². The molecule has 0 atom stereocenters. The van der Waals surface area contributed by atoms with E-state index in [-0.39, 0.29) is 0 Å². The van der Waals surface area contributed by atoms with Crippen LogP contribution in [0.5, 0.6) is 0 Å². The third kappa shape index (κ3) is 3.08. The molecule has 0 N–H and O–H groups in total. The summed E-state index contributed by atoms with van der Waals surface area (Å²) in [5.41, 5.74) is 3.60. The Hall–Kier alpha value is -1.66. The van der Waals surface area contributed by atoms with Gasteiger partial charge in [0, 0.05) is 57.4 Å². The minimum atomic E-state index is 0.501. The van der Waals surface area contributed by atoms with Crippen LogP contribution in [0.15, 0.2) is 17.0 Å². The molecule has 22 heavy (non-hydrogen) atoms. The number of hydrogen-bond donors (Lipinski definition) is 0. The first-order valence-corrected chi connectivity index (χ1v) is 7.88. The average Bonchev–Trinajstić information content (AvgIpc) is 3.06. The molecule has 0 radical (unpaired) electrons. The van der Waals surface area contributed by atoms with Gasteiger partial charge in [-0.2, -0.15) is 0 Å². The maximum absolute atomic E-state index is 5.55. The zero-order valence-electron chi connectivity index (χ0n) is 13.9. The van der Waals surface area contributed by atoms with Gasteiger partial charge >= 0.3 is 0 Å². The molecule has 0 saturated carbocycles. The van der Waals surface area contributed by atoms with Crippen molar-refractivity contribution in [2.45, 2.75) is 45.9 Å². The predicted molar refractivity (Wildman–Crippen MR) is 84.1 cm³/mol. The third-order valence-corrected chi connectivity index (χ3v) is 4.57. The lowest BCUT2D eigenvalue weighted by Crippen LogP contribution is -2.31. The zero-order valence-corrected chi connectivity index (χ0v) is 13.9. The Morgan fingerprint density at radius 3 is 2.91 bits per heavy atom. The van der Waals surface area contributed by atoms with E-state index in [1.165, 1.54) is 11.3 Å². The SMILES string of the molecule is CC(C)N(C)Cc1noc2c1CN(Cc1cncn1C)CC2. The fraction of sp³-hybridized carbons (Fsp3) is 0.625. The molecular weight excluding hydrogens is 278 g/mol. The van der Waals surface area contributed by atoms with Crippen LogP contribution < -0.4 is 0 Å². The maximum Gasteiger partial charge on any atom is 0.142 e. The molecular formula is C16H25N5O. The highest BCUT2D eigenvalue weighted by molar-refractivity contribution is 5.25. The number of imidazole rings is 1. The van der Waals surface area contributed by atoms with Crippen molar-refractivity contribution >= 4 is 0 Å². The van der Waals surface area contributed by atoms with Gasteiger partial charge in [0.15, 0.2) is 0 Å². The van der Waals surface area contributed by atoms with Crippen molar-refractivity contribution in [3.05, 3.63) is 35.2 Å². The normalized spacial score (nSPS) is 15.7. The molecule has 0 saturated heterocycles. The van der Waals surface area contributed by atoms with Gasteiger partial charge in [0.25, 0.3) is 0 Å². The number of hydrogen-bond acceptors (Lipinski definition) is 5. The first-order chi connectivity index (χ1) is 10.5. The Labute approximate surface area is 131 Å². The number of fused-ring (bicyclic) bond motifs is 1. The van der Waals surface area contributed by atoms with Gasteiger partial charge in [0.05, 0.1) is 12.0 Å². The smallest absolute Gasteiger partial charge is 0.142 e. The number of aryl methyl sites for hydroxylation is 1. The molecule has 120 valence electrons. The number of nitrogens with zero attached hydrogens (tertiary/aromatic N) is 5. The maximum atomic E-state index is 5.55. The summed E-state index contributed by atoms with van der Waals surface area (Å²) in [5.74, 6) is 1.06. The Morgan fingerprint density at radius 1 is 1.41 bits per heavy atom. The Bertz CT molecular complexity index is 630. The van der Waals surface area contributed by atoms with E-state index in [4.69, 9.17) is 4.52 Å². The lowest BCUT2D eigenvalue weighted by atomic mass is 10.1. The molecule has 0 spiro atoms. The molecule has 6 heteroatoms. The molecule has 0 aromatic carbocycles. The summed E-state index contributed by atoms with van der Waals surface area (Å²) in [6, 6.07) is 0.501. The van der Waals surface area contributed by atoms with Gasteiger partial charge in [-0.25, -0.2) is 4.98 Å². The minimum Gasteiger partial charge on any atom is -0.361 e. The van der Waals surface area contributed by atoms with Crippen LogP contribution >= 0.6 is 0 Å². The Morgan fingerprint density at radius 2 is 2.23 bits per heavy atom. The lowest BCUT2D eigenvalue weighted by Gasteiger charge is -2.27. The molecule has 0 fully saturated rings. The molecule has 0 amide bonds. The summed E-state index contributed by atoms with van der Waals surface area (Å²) in [5, 5.41) is 4.31. The largest absolute Gasteiger partial charge is 0.361 e. The quantitative estimate of drug-likeness (QED) is 0.843. The third-order valence-electron chi connectivity index (χ3n) is 4.57. The van der Waals surface area contributed by atoms with E-state index >= 15 is 0 Å². The summed E-state index contributed by atoms with van der Waals surface area (Å²) in [6.45, 7) is 8.07. The van der Waals surface area contributed by atoms with E-state index in [1.807, 2.05) is 19.6 Å². The highest BCUT2D eigenvalue weighted by Gasteiger charge is 2.25. The van der Waals surface area contributed by atoms with Gasteiger partial charge in [0.1, 0.15) is 11.5 Å². The van der Waals surface area contributed by atoms with Crippen LogP contribution in [-0.2, 0) is 33.1 Å². The molecule has 0 unspecified atom stereocenters. The van der Waals surface area contributed by atoms with Crippen molar-refractivity contribution < 1.29 is 4.52 Å². The highest BCUT2D eigenvalue weighted by atomic mass is 16.5. The van der Waals surface area contributed by atoms with Crippen LogP contribution in [0.25, 0.3) is 0 Å². The average molecular weight is 303 g/mol. The van der Waals surface area contributed by atoms with E-state index < -0.39 is 0 Å². The van der Waals surface area contributed by atoms with E-state index in [0.717, 1.165) is 44.1 Å². The van der Waals surface area contributed by atoms with Crippen LogP contribution in [0.3, 0.4) is 0 Å². The first-order valence-electron chi connectivity index (χ1n) is 7.88. The van der Waals surface area contributed by atoms with Gasteiger partial charge in [-0.15, -0.1) is 0 Å². The number of rotatable bonds is 5. The molecule has 1 aliphatic rings. The van der Waals surface area contributed by atoms with Gasteiger partial charge in [-0.3, -0.25) is 9.80 Å². The van der Waals surface area contributed by atoms with Crippen LogP contribution in [-0.4, -0.2) is 44.1 Å². The molecule has 0 bridgehead atoms. The highest BCUT2D eigenvalue weighted by Crippen LogP contribution is 2.24. The predicted octanol–water partition coefficient (Wildman–Crippen LogP) is 1.81. The van der Waals surface area contributed by atoms with Gasteiger partial charge in [0.2, 0.25) is 0 Å². The van der Waals surface area contributed by atoms with Gasteiger partial charge in [-0.1, -0.05) is 5.16 Å². The molecule has 2 aromatic heterocycles. The zero-order chi connectivity index (χ0) is 15.7. The summed E-state index contributed by atoms with van der Waals surface area (Å²) in [6.07, 6.45) is 4.73. The Kier molecular flexibility index (Phi) is 4.31. The van der Waals surface area contributed by atoms with Gasteiger partial charge < -0.3 is 9.09 Å². The minimum absolute atomic E-state index is 0.501. The van der Waals surface area contributed by atoms with Crippen LogP contribution in [0, 0.1) is 0 Å². The van der Waals surface area contributed by atoms with Crippen molar-refractivity contribution in [2.75, 3.05) is 13.6 Å². The first kappa shape index (κ1) is 15.2. The molecule has 0 aliphatic carbocycles. The summed E-state index contributed by atoms with van der Waals surface area (Å²) < 4.78 is 7.63. The second kappa shape index (κ2) is 6.22. The fourth-order valence-corrected chi connectivity index (χ4v) is 2.76. The summed E-state index contributed by atoms with van der Waals surface area (Å²) in [7, 11) is 4.17. The Balaban J connectivity index is 1.71. The van der Waals surface area contributed by atoms with Crippen LogP contribution in [0.1, 0.15) is 36.6 Å². The van der Waals surface area contributed by atoms with Crippen molar-refractivity contribution in [2.24, 2.45) is 7.05 Å². The van der Waals surface area contributed by atoms with E-state index in [1.54, 1.807) is 0 Å². The summed E-state index contributed by atoms with van der Waals surface area (Å²) in [4.78, 5) is 8.93. The van der Waals surface area contributed by atoms with Crippen molar-refractivity contribution in [1.29, 1.82) is 0 Å². The molecule has 3 heterocycles. The molecule has 1 aliphatic heterocycles. The van der Waals surface area contributed by atoms with E-state index in [9.17, 15) is 0 Å². The van der Waals surface area contributed by atoms with E-state index in [2.05, 4.69) is 45.4 Å². The van der Waals surface area contributed by atoms with E-state index in [0.29, 0.717) is 6.04 Å². The van der Waals surface area contributed by atoms with Crippen LogP contribution in [0.2, 0.25) is 0 Å². The molecule has 2 aromatic rings. The molecule has 6 nitrogen and oxygen atoms in total. The van der Waals surface area contributed by atoms with Crippen molar-refractivity contribution in [1.82, 2.24) is 24.5 Å². The second-order valence-electron chi connectivity index (χ2n) is 6.50. The van der Waals surface area contributed by atoms with Gasteiger partial charge in [-0.05, 0) is 20.9 Å². The summed E-state index contributed by atoms with van der Waals surface area (Å²) >= 11 is 0. The number of aromatic nitrogens is 3. The second-order valence-corrected chi connectivity index (χ2v) is 6.50. The lowest BCUT2D eigenvalue weighted by molar-refractivity contribution is 0.223. The van der Waals surface area contributed by atoms with Crippen LogP contribution in [0.4, 0.5) is 0 Å². The monoisotopic (exact) mass is 303 g/mol. The standard InChI is InChI=1S/C16H25N5O/c1-12(2)19(3)10-15-14-9-21(6-5-16(14)22-18-15)8-13-7-17-11-20(13)4/h7,11-12H,5-6,8-10H2,1-4H3. The fourth-order valence-electron chi connectivity index (χ4n) is 2.76.